The maximum absolute atomic E-state index is 12.4. The smallest absolute Gasteiger partial charge is 0.410 e. The van der Waals surface area contributed by atoms with Crippen LogP contribution in [-0.4, -0.2) is 56.8 Å². The highest BCUT2D eigenvalue weighted by Gasteiger charge is 2.44. The van der Waals surface area contributed by atoms with E-state index in [9.17, 15) is 9.59 Å². The molecule has 2 bridgehead atoms. The third-order valence-corrected chi connectivity index (χ3v) is 6.28. The first-order chi connectivity index (χ1) is 12.6. The van der Waals surface area contributed by atoms with Gasteiger partial charge in [-0.3, -0.25) is 9.48 Å². The number of hydrogen-bond donors (Lipinski definition) is 0. The van der Waals surface area contributed by atoms with Crippen LogP contribution in [0.3, 0.4) is 0 Å². The van der Waals surface area contributed by atoms with Gasteiger partial charge in [0, 0.05) is 50.2 Å². The second kappa shape index (κ2) is 6.49. The van der Waals surface area contributed by atoms with E-state index in [0.717, 1.165) is 16.7 Å². The van der Waals surface area contributed by atoms with Gasteiger partial charge in [0.15, 0.2) is 0 Å². The molecule has 0 aromatic carbocycles. The van der Waals surface area contributed by atoms with Crippen LogP contribution in [0.2, 0.25) is 0 Å². The van der Waals surface area contributed by atoms with Crippen LogP contribution in [0.25, 0.3) is 0 Å². The van der Waals surface area contributed by atoms with Crippen LogP contribution in [0.4, 0.5) is 4.79 Å². The topological polar surface area (TPSA) is 67.7 Å². The third kappa shape index (κ3) is 3.36. The number of rotatable bonds is 1. The van der Waals surface area contributed by atoms with E-state index >= 15 is 0 Å². The molecule has 8 heteroatoms. The Balaban J connectivity index is 1.51. The molecule has 1 aromatic heterocycles. The van der Waals surface area contributed by atoms with E-state index in [0.29, 0.717) is 19.6 Å². The fourth-order valence-electron chi connectivity index (χ4n) is 4.17. The van der Waals surface area contributed by atoms with Crippen molar-refractivity contribution in [2.75, 3.05) is 19.6 Å². The van der Waals surface area contributed by atoms with Gasteiger partial charge in [0.25, 0.3) is 0 Å². The van der Waals surface area contributed by atoms with Crippen molar-refractivity contribution in [1.29, 1.82) is 0 Å². The zero-order valence-electron chi connectivity index (χ0n) is 16.2. The molecule has 0 radical (unpaired) electrons. The maximum atomic E-state index is 12.4. The fourth-order valence-corrected chi connectivity index (χ4v) is 4.88. The summed E-state index contributed by atoms with van der Waals surface area (Å²) >= 11 is 2.27. The van der Waals surface area contributed by atoms with Crippen molar-refractivity contribution in [3.8, 4) is 0 Å². The molecule has 27 heavy (non-hydrogen) atoms. The lowest BCUT2D eigenvalue weighted by Crippen LogP contribution is -2.52. The van der Waals surface area contributed by atoms with Gasteiger partial charge in [0.05, 0.1) is 12.6 Å². The summed E-state index contributed by atoms with van der Waals surface area (Å²) in [6.45, 7) is 9.93. The molecule has 0 fully saturated rings. The van der Waals surface area contributed by atoms with Crippen molar-refractivity contribution in [3.05, 3.63) is 26.6 Å². The van der Waals surface area contributed by atoms with Gasteiger partial charge in [-0.05, 0) is 48.9 Å². The van der Waals surface area contributed by atoms with Crippen LogP contribution in [0.15, 0.2) is 11.6 Å². The standard InChI is InChI=1S/C19H25IN4O3/c1-11(25)22-6-5-15-14(10-22)17(20)21-24(15)16-12-7-13(16)9-23(8-12)18(26)27-19(2,3)4/h7,12,16H,5-6,8-10H2,1-4H3/t12-,16?/m0/s1. The molecule has 3 heterocycles. The minimum absolute atomic E-state index is 0.112. The Labute approximate surface area is 172 Å². The number of halogens is 1. The second-order valence-electron chi connectivity index (χ2n) is 8.56. The van der Waals surface area contributed by atoms with Gasteiger partial charge in [0.2, 0.25) is 5.91 Å². The predicted octanol–water partition coefficient (Wildman–Crippen LogP) is 2.74. The summed E-state index contributed by atoms with van der Waals surface area (Å²) < 4.78 is 8.64. The zero-order chi connectivity index (χ0) is 19.5. The van der Waals surface area contributed by atoms with E-state index in [1.54, 1.807) is 11.8 Å². The molecule has 0 saturated carbocycles. The number of carbonyl (C=O) groups excluding carboxylic acids is 2. The van der Waals surface area contributed by atoms with Crippen LogP contribution >= 0.6 is 22.6 Å². The summed E-state index contributed by atoms with van der Waals surface area (Å²) in [6, 6.07) is 0.227. The number of hydrogen-bond acceptors (Lipinski definition) is 4. The molecule has 3 aliphatic rings. The highest BCUT2D eigenvalue weighted by Crippen LogP contribution is 2.44. The van der Waals surface area contributed by atoms with Gasteiger partial charge in [0.1, 0.15) is 9.30 Å². The van der Waals surface area contributed by atoms with Crippen molar-refractivity contribution >= 4 is 34.6 Å². The molecule has 2 aliphatic heterocycles. The molecule has 1 aromatic rings. The average Bonchev–Trinajstić information content (AvgIpc) is 2.89. The zero-order valence-corrected chi connectivity index (χ0v) is 18.3. The molecule has 4 rings (SSSR count). The Bertz CT molecular complexity index is 839. The average molecular weight is 484 g/mol. The van der Waals surface area contributed by atoms with Gasteiger partial charge in [-0.1, -0.05) is 6.08 Å². The molecule has 0 spiro atoms. The molecular weight excluding hydrogens is 459 g/mol. The van der Waals surface area contributed by atoms with E-state index in [1.165, 1.54) is 16.8 Å². The highest BCUT2D eigenvalue weighted by atomic mass is 127. The van der Waals surface area contributed by atoms with Crippen molar-refractivity contribution < 1.29 is 14.3 Å². The van der Waals surface area contributed by atoms with Crippen molar-refractivity contribution in [2.45, 2.75) is 52.3 Å². The van der Waals surface area contributed by atoms with Crippen LogP contribution < -0.4 is 0 Å². The molecule has 146 valence electrons. The number of nitrogens with zero attached hydrogens (tertiary/aromatic N) is 4. The normalized spacial score (nSPS) is 24.1. The summed E-state index contributed by atoms with van der Waals surface area (Å²) in [5.74, 6) is 0.382. The largest absolute Gasteiger partial charge is 0.444 e. The summed E-state index contributed by atoms with van der Waals surface area (Å²) in [4.78, 5) is 27.8. The van der Waals surface area contributed by atoms with Gasteiger partial charge in [-0.15, -0.1) is 0 Å². The molecule has 1 aliphatic carbocycles. The fraction of sp³-hybridized carbons (Fsp3) is 0.632. The lowest BCUT2D eigenvalue weighted by atomic mass is 9.76. The van der Waals surface area contributed by atoms with E-state index in [4.69, 9.17) is 9.84 Å². The van der Waals surface area contributed by atoms with E-state index in [2.05, 4.69) is 33.3 Å². The number of aromatic nitrogens is 2. The Morgan fingerprint density at radius 3 is 2.59 bits per heavy atom. The first-order valence-electron chi connectivity index (χ1n) is 9.34. The van der Waals surface area contributed by atoms with Gasteiger partial charge < -0.3 is 14.5 Å². The van der Waals surface area contributed by atoms with Crippen LogP contribution in [0, 0.1) is 9.62 Å². The predicted molar refractivity (Wildman–Crippen MR) is 108 cm³/mol. The summed E-state index contributed by atoms with van der Waals surface area (Å²) in [6.07, 6.45) is 2.85. The van der Waals surface area contributed by atoms with Crippen molar-refractivity contribution in [2.24, 2.45) is 5.92 Å². The first kappa shape index (κ1) is 18.8. The molecule has 2 amide bonds. The summed E-state index contributed by atoms with van der Waals surface area (Å²) in [5, 5.41) is 4.81. The molecular formula is C19H25IN4O3. The van der Waals surface area contributed by atoms with Gasteiger partial charge >= 0.3 is 6.09 Å². The highest BCUT2D eigenvalue weighted by molar-refractivity contribution is 14.1. The Kier molecular flexibility index (Phi) is 4.51. The number of fused-ring (bicyclic) bond motifs is 2. The molecule has 0 saturated heterocycles. The van der Waals surface area contributed by atoms with E-state index < -0.39 is 5.60 Å². The van der Waals surface area contributed by atoms with Crippen LogP contribution in [0.5, 0.6) is 0 Å². The Hall–Kier alpha value is -1.58. The maximum Gasteiger partial charge on any atom is 0.410 e. The number of piperidine rings is 1. The number of likely N-dealkylation sites (tertiary alicyclic amines) is 1. The number of carbonyl (C=O) groups is 2. The number of ether oxygens (including phenoxy) is 1. The van der Waals surface area contributed by atoms with Crippen LogP contribution in [-0.2, 0) is 22.5 Å². The second-order valence-corrected chi connectivity index (χ2v) is 9.58. The third-order valence-electron chi connectivity index (χ3n) is 5.42. The minimum Gasteiger partial charge on any atom is -0.444 e. The van der Waals surface area contributed by atoms with Crippen LogP contribution in [0.1, 0.15) is 45.0 Å². The minimum atomic E-state index is -0.480. The van der Waals surface area contributed by atoms with E-state index in [-0.39, 0.29) is 24.0 Å². The molecule has 1 unspecified atom stereocenters. The first-order valence-corrected chi connectivity index (χ1v) is 10.4. The lowest BCUT2D eigenvalue weighted by molar-refractivity contribution is -0.129. The van der Waals surface area contributed by atoms with Crippen molar-refractivity contribution in [1.82, 2.24) is 19.6 Å². The quantitative estimate of drug-likeness (QED) is 0.454. The number of amides is 2. The monoisotopic (exact) mass is 484 g/mol. The van der Waals surface area contributed by atoms with Gasteiger partial charge in [-0.2, -0.15) is 5.10 Å². The van der Waals surface area contributed by atoms with E-state index in [1.807, 2.05) is 25.7 Å². The molecule has 7 nitrogen and oxygen atoms in total. The molecule has 2 atom stereocenters. The Morgan fingerprint density at radius 1 is 1.26 bits per heavy atom. The Morgan fingerprint density at radius 2 is 2.00 bits per heavy atom. The van der Waals surface area contributed by atoms with Crippen molar-refractivity contribution in [3.63, 3.8) is 0 Å². The lowest BCUT2D eigenvalue weighted by Gasteiger charge is -2.46. The summed E-state index contributed by atoms with van der Waals surface area (Å²) in [5.41, 5.74) is 3.16. The molecule has 0 N–H and O–H groups in total. The summed E-state index contributed by atoms with van der Waals surface area (Å²) in [7, 11) is 0. The SMILES string of the molecule is CC(=O)N1CCc2c(c(I)nn2C2C3=C[C@H]2CN(C(=O)OC(C)(C)C)C3)C1. The van der Waals surface area contributed by atoms with Gasteiger partial charge in [-0.25, -0.2) is 4.79 Å².